The molecule has 1 aromatic heterocycles. The molecule has 0 spiro atoms. The first-order valence-electron chi connectivity index (χ1n) is 5.93. The van der Waals surface area contributed by atoms with E-state index in [-0.39, 0.29) is 22.9 Å². The molecule has 0 amide bonds. The van der Waals surface area contributed by atoms with Crippen molar-refractivity contribution in [1.82, 2.24) is 9.78 Å². The summed E-state index contributed by atoms with van der Waals surface area (Å²) < 4.78 is 5.59. The number of hydrogen-bond donors (Lipinski definition) is 1. The number of H-pyrrole nitrogens is 1. The lowest BCUT2D eigenvalue weighted by Gasteiger charge is -2.08. The molecule has 0 aliphatic heterocycles. The molecule has 0 fully saturated rings. The maximum absolute atomic E-state index is 12.4. The molecule has 0 aliphatic carbocycles. The van der Waals surface area contributed by atoms with Gasteiger partial charge >= 0.3 is 5.97 Å². The third-order valence-corrected chi connectivity index (χ3v) is 3.13. The van der Waals surface area contributed by atoms with Crippen LogP contribution < -0.4 is 5.56 Å². The Kier molecular flexibility index (Phi) is 4.50. The van der Waals surface area contributed by atoms with E-state index < -0.39 is 17.4 Å². The van der Waals surface area contributed by atoms with Crippen LogP contribution in [0.1, 0.15) is 27.8 Å². The van der Waals surface area contributed by atoms with Gasteiger partial charge < -0.3 is 4.74 Å². The summed E-state index contributed by atoms with van der Waals surface area (Å²) in [5, 5.41) is 2.72. The highest BCUT2D eigenvalue weighted by molar-refractivity contribution is 6.36. The normalized spacial score (nSPS) is 10.4. The first-order chi connectivity index (χ1) is 9.93. The fourth-order valence-corrected chi connectivity index (χ4v) is 2.18. The van der Waals surface area contributed by atoms with Gasteiger partial charge in [0.2, 0.25) is 0 Å². The van der Waals surface area contributed by atoms with E-state index in [0.717, 1.165) is 10.7 Å². The smallest absolute Gasteiger partial charge is 0.357 e. The lowest BCUT2D eigenvalue weighted by molar-refractivity contribution is 0.0507. The van der Waals surface area contributed by atoms with Gasteiger partial charge in [0, 0.05) is 11.1 Å². The van der Waals surface area contributed by atoms with Crippen LogP contribution in [0.25, 0.3) is 0 Å². The summed E-state index contributed by atoms with van der Waals surface area (Å²) in [5.74, 6) is -1.45. The standard InChI is InChI=1S/C13H10Cl2N2O4/c1-2-21-13(20)10-6-11(18)16-17(10)12(19)8-4-3-7(14)5-9(8)15/h3-6H,2H2,1H3,(H,16,18). The summed E-state index contributed by atoms with van der Waals surface area (Å²) in [5.41, 5.74) is -0.701. The molecule has 0 saturated heterocycles. The van der Waals surface area contributed by atoms with Crippen LogP contribution in [0.4, 0.5) is 0 Å². The Morgan fingerprint density at radius 1 is 1.29 bits per heavy atom. The second-order valence-electron chi connectivity index (χ2n) is 3.99. The lowest BCUT2D eigenvalue weighted by atomic mass is 10.2. The van der Waals surface area contributed by atoms with E-state index in [2.05, 4.69) is 5.10 Å². The van der Waals surface area contributed by atoms with Crippen LogP contribution in [0.15, 0.2) is 29.1 Å². The van der Waals surface area contributed by atoms with Gasteiger partial charge in [-0.25, -0.2) is 9.48 Å². The van der Waals surface area contributed by atoms with Gasteiger partial charge in [0.25, 0.3) is 11.5 Å². The van der Waals surface area contributed by atoms with Gasteiger partial charge in [-0.3, -0.25) is 14.7 Å². The Morgan fingerprint density at radius 3 is 2.62 bits per heavy atom. The van der Waals surface area contributed by atoms with Crippen molar-refractivity contribution in [2.45, 2.75) is 6.92 Å². The minimum Gasteiger partial charge on any atom is -0.461 e. The van der Waals surface area contributed by atoms with E-state index in [1.54, 1.807) is 6.92 Å². The lowest BCUT2D eigenvalue weighted by Crippen LogP contribution is -2.21. The zero-order valence-electron chi connectivity index (χ0n) is 10.9. The van der Waals surface area contributed by atoms with Gasteiger partial charge in [0.15, 0.2) is 5.69 Å². The maximum atomic E-state index is 12.4. The number of ether oxygens (including phenoxy) is 1. The number of rotatable bonds is 3. The van der Waals surface area contributed by atoms with E-state index in [1.165, 1.54) is 18.2 Å². The fraction of sp³-hybridized carbons (Fsp3) is 0.154. The SMILES string of the molecule is CCOC(=O)c1cc(=O)[nH]n1C(=O)c1ccc(Cl)cc1Cl. The Morgan fingerprint density at radius 2 is 2.00 bits per heavy atom. The van der Waals surface area contributed by atoms with Gasteiger partial charge in [0.05, 0.1) is 17.2 Å². The van der Waals surface area contributed by atoms with Crippen LogP contribution in [0, 0.1) is 0 Å². The topological polar surface area (TPSA) is 81.2 Å². The van der Waals surface area contributed by atoms with Crippen molar-refractivity contribution in [3.63, 3.8) is 0 Å². The number of aromatic amines is 1. The number of carbonyl (C=O) groups is 2. The van der Waals surface area contributed by atoms with Crippen LogP contribution in [0.5, 0.6) is 0 Å². The average molecular weight is 329 g/mol. The van der Waals surface area contributed by atoms with Gasteiger partial charge in [-0.2, -0.15) is 0 Å². The molecular weight excluding hydrogens is 319 g/mol. The third-order valence-electron chi connectivity index (χ3n) is 2.58. The highest BCUT2D eigenvalue weighted by Gasteiger charge is 2.22. The maximum Gasteiger partial charge on any atom is 0.357 e. The summed E-state index contributed by atoms with van der Waals surface area (Å²) >= 11 is 11.7. The molecule has 21 heavy (non-hydrogen) atoms. The molecule has 2 rings (SSSR count). The largest absolute Gasteiger partial charge is 0.461 e. The van der Waals surface area contributed by atoms with E-state index in [1.807, 2.05) is 0 Å². The van der Waals surface area contributed by atoms with E-state index in [9.17, 15) is 14.4 Å². The highest BCUT2D eigenvalue weighted by atomic mass is 35.5. The number of nitrogens with zero attached hydrogens (tertiary/aromatic N) is 1. The molecule has 0 bridgehead atoms. The quantitative estimate of drug-likeness (QED) is 0.877. The second kappa shape index (κ2) is 6.15. The number of nitrogens with one attached hydrogen (secondary N) is 1. The van der Waals surface area contributed by atoms with Crippen molar-refractivity contribution in [3.8, 4) is 0 Å². The van der Waals surface area contributed by atoms with Crippen molar-refractivity contribution >= 4 is 35.1 Å². The van der Waals surface area contributed by atoms with Gasteiger partial charge in [0.1, 0.15) is 0 Å². The van der Waals surface area contributed by atoms with Crippen molar-refractivity contribution < 1.29 is 14.3 Å². The van der Waals surface area contributed by atoms with Crippen LogP contribution in [0.2, 0.25) is 10.0 Å². The molecule has 1 heterocycles. The third kappa shape index (κ3) is 3.17. The molecule has 0 aliphatic rings. The van der Waals surface area contributed by atoms with E-state index >= 15 is 0 Å². The molecule has 2 aromatic rings. The molecule has 110 valence electrons. The van der Waals surface area contributed by atoms with Crippen LogP contribution in [-0.2, 0) is 4.74 Å². The minimum absolute atomic E-state index is 0.0958. The summed E-state index contributed by atoms with van der Waals surface area (Å²) in [6.45, 7) is 1.74. The number of hydrogen-bond acceptors (Lipinski definition) is 4. The predicted octanol–water partition coefficient (Wildman–Crippen LogP) is 2.35. The Hall–Kier alpha value is -2.05. The first kappa shape index (κ1) is 15.3. The minimum atomic E-state index is -0.783. The Balaban J connectivity index is 2.48. The summed E-state index contributed by atoms with van der Waals surface area (Å²) in [7, 11) is 0. The highest BCUT2D eigenvalue weighted by Crippen LogP contribution is 2.22. The zero-order valence-corrected chi connectivity index (χ0v) is 12.4. The van der Waals surface area contributed by atoms with E-state index in [0.29, 0.717) is 5.02 Å². The second-order valence-corrected chi connectivity index (χ2v) is 4.83. The fourth-order valence-electron chi connectivity index (χ4n) is 1.69. The monoisotopic (exact) mass is 328 g/mol. The van der Waals surface area contributed by atoms with Crippen molar-refractivity contribution in [2.75, 3.05) is 6.61 Å². The number of halogens is 2. The zero-order chi connectivity index (χ0) is 15.6. The predicted molar refractivity (Wildman–Crippen MR) is 77.2 cm³/mol. The van der Waals surface area contributed by atoms with Gasteiger partial charge in [-0.15, -0.1) is 0 Å². The van der Waals surface area contributed by atoms with E-state index in [4.69, 9.17) is 27.9 Å². The van der Waals surface area contributed by atoms with Crippen molar-refractivity contribution in [3.05, 3.63) is 55.9 Å². The van der Waals surface area contributed by atoms with Gasteiger partial charge in [-0.05, 0) is 25.1 Å². The summed E-state index contributed by atoms with van der Waals surface area (Å²) in [4.78, 5) is 35.5. The molecule has 0 unspecified atom stereocenters. The summed E-state index contributed by atoms with van der Waals surface area (Å²) in [6.07, 6.45) is 0. The summed E-state index contributed by atoms with van der Waals surface area (Å²) in [6, 6.07) is 5.26. The number of benzene rings is 1. The number of carbonyl (C=O) groups excluding carboxylic acids is 2. The van der Waals surface area contributed by atoms with Crippen molar-refractivity contribution in [2.24, 2.45) is 0 Å². The number of aromatic nitrogens is 2. The molecule has 0 radical (unpaired) electrons. The van der Waals surface area contributed by atoms with Crippen molar-refractivity contribution in [1.29, 1.82) is 0 Å². The Labute approximate surface area is 129 Å². The Bertz CT molecular complexity index is 764. The van der Waals surface area contributed by atoms with Crippen LogP contribution in [0.3, 0.4) is 0 Å². The molecule has 1 aromatic carbocycles. The molecule has 0 atom stereocenters. The van der Waals surface area contributed by atoms with Gasteiger partial charge in [-0.1, -0.05) is 23.2 Å². The number of esters is 1. The molecule has 8 heteroatoms. The molecule has 1 N–H and O–H groups in total. The molecule has 6 nitrogen and oxygen atoms in total. The molecule has 0 saturated carbocycles. The average Bonchev–Trinajstić information content (AvgIpc) is 2.80. The van der Waals surface area contributed by atoms with Crippen LogP contribution >= 0.6 is 23.2 Å². The van der Waals surface area contributed by atoms with Crippen LogP contribution in [-0.4, -0.2) is 28.3 Å². The first-order valence-corrected chi connectivity index (χ1v) is 6.68. The molecular formula is C13H10Cl2N2O4.